The fourth-order valence-electron chi connectivity index (χ4n) is 2.24. The first-order chi connectivity index (χ1) is 12.7. The van der Waals surface area contributed by atoms with E-state index in [1.807, 2.05) is 30.3 Å². The number of aromatic nitrogens is 3. The third-order valence-corrected chi connectivity index (χ3v) is 3.51. The molecule has 0 spiro atoms. The van der Waals surface area contributed by atoms with Gasteiger partial charge in [0.15, 0.2) is 11.5 Å². The minimum absolute atomic E-state index is 0.0185. The highest BCUT2D eigenvalue weighted by Gasteiger charge is 2.12. The van der Waals surface area contributed by atoms with E-state index in [0.717, 1.165) is 5.56 Å². The van der Waals surface area contributed by atoms with Crippen LogP contribution >= 0.6 is 0 Å². The van der Waals surface area contributed by atoms with Crippen LogP contribution in [0.15, 0.2) is 42.6 Å². The summed E-state index contributed by atoms with van der Waals surface area (Å²) in [4.78, 5) is 29.0. The number of urea groups is 1. The molecule has 0 saturated carbocycles. The second-order valence-corrected chi connectivity index (χ2v) is 6.13. The number of aromatic carboxylic acids is 1. The third kappa shape index (κ3) is 4.72. The minimum Gasteiger partial charge on any atom is -0.478 e. The van der Waals surface area contributed by atoms with Crippen LogP contribution in [0.2, 0.25) is 0 Å². The van der Waals surface area contributed by atoms with E-state index in [1.54, 1.807) is 28.2 Å². The number of carboxylic acid groups (broad SMARTS) is 1. The summed E-state index contributed by atoms with van der Waals surface area (Å²) in [5.41, 5.74) is 7.46. The van der Waals surface area contributed by atoms with Crippen molar-refractivity contribution in [1.82, 2.24) is 24.4 Å². The highest BCUT2D eigenvalue weighted by Crippen LogP contribution is 2.19. The maximum atomic E-state index is 11.0. The van der Waals surface area contributed by atoms with Crippen molar-refractivity contribution in [3.63, 3.8) is 0 Å². The van der Waals surface area contributed by atoms with Crippen LogP contribution in [0.3, 0.4) is 0 Å². The van der Waals surface area contributed by atoms with Crippen LogP contribution in [0.25, 0.3) is 17.0 Å². The average molecular weight is 370 g/mol. The Morgan fingerprint density at radius 2 is 1.67 bits per heavy atom. The van der Waals surface area contributed by atoms with Crippen LogP contribution in [0.1, 0.15) is 10.4 Å². The second kappa shape index (κ2) is 8.17. The molecule has 0 aliphatic carbocycles. The largest absolute Gasteiger partial charge is 0.478 e. The van der Waals surface area contributed by atoms with E-state index in [9.17, 15) is 9.59 Å². The van der Waals surface area contributed by atoms with Crippen molar-refractivity contribution >= 4 is 23.3 Å². The third-order valence-electron chi connectivity index (χ3n) is 3.51. The molecule has 9 heteroatoms. The lowest BCUT2D eigenvalue weighted by atomic mass is 10.2. The highest BCUT2D eigenvalue weighted by atomic mass is 16.4. The van der Waals surface area contributed by atoms with Crippen molar-refractivity contribution in [3.05, 3.63) is 48.2 Å². The number of nitrogens with zero attached hydrogens (tertiary/aromatic N) is 5. The summed E-state index contributed by atoms with van der Waals surface area (Å²) in [7, 11) is 6.90. The Morgan fingerprint density at radius 1 is 1.07 bits per heavy atom. The number of nitrogen functional groups attached to an aromatic ring is 1. The standard InChI is InChI=1S/C13H10N4O2.C5H12N2O/c14-10-6-9(13(18)19)7-17-12(10)15-11(16-17)8-4-2-1-3-5-8;1-6(2)5(8)7(3)4/h1-7H,14H2,(H,18,19);1-4H3. The van der Waals surface area contributed by atoms with Crippen molar-refractivity contribution in [2.24, 2.45) is 0 Å². The van der Waals surface area contributed by atoms with Gasteiger partial charge in [0.05, 0.1) is 11.3 Å². The molecular formula is C18H22N6O3. The van der Waals surface area contributed by atoms with Gasteiger partial charge < -0.3 is 20.6 Å². The zero-order valence-electron chi connectivity index (χ0n) is 15.6. The van der Waals surface area contributed by atoms with Crippen molar-refractivity contribution in [2.45, 2.75) is 0 Å². The number of pyridine rings is 1. The smallest absolute Gasteiger partial charge is 0.337 e. The summed E-state index contributed by atoms with van der Waals surface area (Å²) in [6.07, 6.45) is 1.40. The number of hydrogen-bond donors (Lipinski definition) is 2. The first-order valence-corrected chi connectivity index (χ1v) is 8.04. The van der Waals surface area contributed by atoms with Gasteiger partial charge in [-0.15, -0.1) is 5.10 Å². The fourth-order valence-corrected chi connectivity index (χ4v) is 2.24. The summed E-state index contributed by atoms with van der Waals surface area (Å²) in [6.45, 7) is 0. The Labute approximate surface area is 156 Å². The molecule has 2 heterocycles. The van der Waals surface area contributed by atoms with Gasteiger partial charge in [0.2, 0.25) is 0 Å². The highest BCUT2D eigenvalue weighted by molar-refractivity contribution is 5.89. The number of carboxylic acids is 1. The number of amides is 2. The van der Waals surface area contributed by atoms with Crippen LogP contribution in [0.5, 0.6) is 0 Å². The van der Waals surface area contributed by atoms with E-state index in [4.69, 9.17) is 10.8 Å². The molecule has 0 atom stereocenters. The predicted octanol–water partition coefficient (Wildman–Crippen LogP) is 1.91. The first kappa shape index (κ1) is 19.7. The lowest BCUT2D eigenvalue weighted by molar-refractivity contribution is 0.0696. The van der Waals surface area contributed by atoms with Gasteiger partial charge >= 0.3 is 12.0 Å². The lowest BCUT2D eigenvalue weighted by Gasteiger charge is -2.16. The topological polar surface area (TPSA) is 117 Å². The van der Waals surface area contributed by atoms with E-state index >= 15 is 0 Å². The van der Waals surface area contributed by atoms with E-state index < -0.39 is 5.97 Å². The van der Waals surface area contributed by atoms with Crippen LogP contribution in [-0.2, 0) is 0 Å². The van der Waals surface area contributed by atoms with Gasteiger partial charge in [-0.3, -0.25) is 0 Å². The zero-order valence-corrected chi connectivity index (χ0v) is 15.6. The minimum atomic E-state index is -1.05. The summed E-state index contributed by atoms with van der Waals surface area (Å²) < 4.78 is 1.39. The van der Waals surface area contributed by atoms with Crippen molar-refractivity contribution < 1.29 is 14.7 Å². The summed E-state index contributed by atoms with van der Waals surface area (Å²) in [6, 6.07) is 10.8. The Hall–Kier alpha value is -3.62. The second-order valence-electron chi connectivity index (χ2n) is 6.13. The number of hydrogen-bond acceptors (Lipinski definition) is 5. The molecule has 0 radical (unpaired) electrons. The molecule has 2 aromatic heterocycles. The Balaban J connectivity index is 0.000000279. The van der Waals surface area contributed by atoms with Crippen LogP contribution in [-0.4, -0.2) is 69.7 Å². The molecule has 0 saturated heterocycles. The normalized spacial score (nSPS) is 10.1. The predicted molar refractivity (Wildman–Crippen MR) is 103 cm³/mol. The lowest BCUT2D eigenvalue weighted by Crippen LogP contribution is -2.33. The molecule has 0 aliphatic rings. The van der Waals surface area contributed by atoms with Gasteiger partial charge in [0.1, 0.15) is 0 Å². The monoisotopic (exact) mass is 370 g/mol. The molecule has 3 aromatic rings. The molecule has 3 N–H and O–H groups in total. The van der Waals surface area contributed by atoms with Crippen molar-refractivity contribution in [3.8, 4) is 11.4 Å². The van der Waals surface area contributed by atoms with Crippen LogP contribution < -0.4 is 5.73 Å². The number of carbonyl (C=O) groups is 2. The molecule has 3 rings (SSSR count). The number of rotatable bonds is 2. The van der Waals surface area contributed by atoms with Crippen molar-refractivity contribution in [2.75, 3.05) is 33.9 Å². The van der Waals surface area contributed by atoms with E-state index in [2.05, 4.69) is 10.1 Å². The number of benzene rings is 1. The molecule has 0 aliphatic heterocycles. The summed E-state index contributed by atoms with van der Waals surface area (Å²) in [5, 5.41) is 13.2. The van der Waals surface area contributed by atoms with E-state index in [0.29, 0.717) is 11.5 Å². The molecule has 9 nitrogen and oxygen atoms in total. The average Bonchev–Trinajstić information content (AvgIpc) is 3.07. The maximum Gasteiger partial charge on any atom is 0.337 e. The fraction of sp³-hybridized carbons (Fsp3) is 0.222. The maximum absolute atomic E-state index is 11.0. The van der Waals surface area contributed by atoms with Crippen LogP contribution in [0, 0.1) is 0 Å². The van der Waals surface area contributed by atoms with E-state index in [-0.39, 0.29) is 17.3 Å². The van der Waals surface area contributed by atoms with Crippen molar-refractivity contribution in [1.29, 1.82) is 0 Å². The van der Waals surface area contributed by atoms with Gasteiger partial charge in [-0.2, -0.15) is 0 Å². The Morgan fingerprint density at radius 3 is 2.15 bits per heavy atom. The molecular weight excluding hydrogens is 348 g/mol. The zero-order chi connectivity index (χ0) is 20.1. The molecule has 0 bridgehead atoms. The van der Waals surface area contributed by atoms with Gasteiger partial charge in [-0.05, 0) is 6.07 Å². The SMILES string of the molecule is CN(C)C(=O)N(C)C.Nc1cc(C(=O)O)cn2nc(-c3ccccc3)nc12. The van der Waals surface area contributed by atoms with E-state index in [1.165, 1.54) is 26.6 Å². The molecule has 142 valence electrons. The number of carbonyl (C=O) groups excluding carboxylic acids is 1. The van der Waals surface area contributed by atoms with Crippen LogP contribution in [0.4, 0.5) is 10.5 Å². The number of anilines is 1. The molecule has 2 amide bonds. The molecule has 1 aromatic carbocycles. The Bertz CT molecular complexity index is 940. The molecule has 27 heavy (non-hydrogen) atoms. The first-order valence-electron chi connectivity index (χ1n) is 8.04. The Kier molecular flexibility index (Phi) is 5.96. The van der Waals surface area contributed by atoms with Gasteiger partial charge in [0.25, 0.3) is 0 Å². The van der Waals surface area contributed by atoms with Gasteiger partial charge in [0, 0.05) is 40.0 Å². The molecule has 0 fully saturated rings. The molecule has 0 unspecified atom stereocenters. The quantitative estimate of drug-likeness (QED) is 0.711. The summed E-state index contributed by atoms with van der Waals surface area (Å²) in [5.74, 6) is -0.541. The number of nitrogens with two attached hydrogens (primary N) is 1. The number of fused-ring (bicyclic) bond motifs is 1. The summed E-state index contributed by atoms with van der Waals surface area (Å²) >= 11 is 0. The van der Waals surface area contributed by atoms with Gasteiger partial charge in [-0.1, -0.05) is 30.3 Å². The van der Waals surface area contributed by atoms with Gasteiger partial charge in [-0.25, -0.2) is 19.1 Å².